The molecule has 0 bridgehead atoms. The lowest BCUT2D eigenvalue weighted by atomic mass is 10.1. The highest BCUT2D eigenvalue weighted by Gasteiger charge is 2.37. The van der Waals surface area contributed by atoms with E-state index in [2.05, 4.69) is 0 Å². The van der Waals surface area contributed by atoms with E-state index in [1.165, 1.54) is 7.11 Å². The number of aliphatic hydroxyl groups is 1. The van der Waals surface area contributed by atoms with Crippen LogP contribution in [0.3, 0.4) is 0 Å². The van der Waals surface area contributed by atoms with Crippen LogP contribution >= 0.6 is 0 Å². The normalized spacial score (nSPS) is 33.5. The average molecular weight is 160 g/mol. The van der Waals surface area contributed by atoms with E-state index >= 15 is 0 Å². The van der Waals surface area contributed by atoms with E-state index in [4.69, 9.17) is 14.6 Å². The van der Waals surface area contributed by atoms with Gasteiger partial charge in [-0.1, -0.05) is 0 Å². The molecule has 0 spiro atoms. The minimum absolute atomic E-state index is 0.242. The van der Waals surface area contributed by atoms with Gasteiger partial charge >= 0.3 is 5.97 Å². The van der Waals surface area contributed by atoms with Gasteiger partial charge in [0, 0.05) is 7.11 Å². The summed E-state index contributed by atoms with van der Waals surface area (Å²) in [4.78, 5) is 10.7. The molecular formula is C7H12O4. The fourth-order valence-corrected chi connectivity index (χ4v) is 1.18. The first kappa shape index (κ1) is 8.49. The van der Waals surface area contributed by atoms with E-state index in [-0.39, 0.29) is 18.5 Å². The van der Waals surface area contributed by atoms with Crippen LogP contribution in [-0.4, -0.2) is 36.5 Å². The molecule has 0 radical (unpaired) electrons. The molecule has 4 nitrogen and oxygen atoms in total. The van der Waals surface area contributed by atoms with Crippen LogP contribution in [0.25, 0.3) is 0 Å². The van der Waals surface area contributed by atoms with Crippen molar-refractivity contribution in [2.45, 2.75) is 31.7 Å². The molecule has 0 unspecified atom stereocenters. The Morgan fingerprint density at radius 1 is 1.82 bits per heavy atom. The summed E-state index contributed by atoms with van der Waals surface area (Å²) in [7, 11) is 1.50. The Bertz CT molecular complexity index is 155. The molecule has 0 aromatic heterocycles. The van der Waals surface area contributed by atoms with Crippen molar-refractivity contribution in [3.8, 4) is 0 Å². The van der Waals surface area contributed by atoms with Crippen molar-refractivity contribution in [3.63, 3.8) is 0 Å². The molecule has 64 valence electrons. The second-order valence-corrected chi connectivity index (χ2v) is 2.67. The SMILES string of the molecule is CO[C@H]1CC(=O)O[C@@H]1[C@@H](C)O. The lowest BCUT2D eigenvalue weighted by Crippen LogP contribution is -2.33. The van der Waals surface area contributed by atoms with Crippen molar-refractivity contribution < 1.29 is 19.4 Å². The van der Waals surface area contributed by atoms with Gasteiger partial charge in [0.15, 0.2) is 6.10 Å². The average Bonchev–Trinajstić information content (AvgIpc) is 2.30. The smallest absolute Gasteiger partial charge is 0.309 e. The Balaban J connectivity index is 2.57. The molecule has 3 atom stereocenters. The molecule has 0 aromatic rings. The molecule has 1 aliphatic rings. The topological polar surface area (TPSA) is 55.8 Å². The predicted octanol–water partition coefficient (Wildman–Crippen LogP) is -0.302. The van der Waals surface area contributed by atoms with Gasteiger partial charge in [-0.25, -0.2) is 0 Å². The van der Waals surface area contributed by atoms with Crippen molar-refractivity contribution in [2.75, 3.05) is 7.11 Å². The van der Waals surface area contributed by atoms with Gasteiger partial charge in [-0.2, -0.15) is 0 Å². The third-order valence-electron chi connectivity index (χ3n) is 1.78. The summed E-state index contributed by atoms with van der Waals surface area (Å²) in [6.45, 7) is 1.58. The van der Waals surface area contributed by atoms with Crippen LogP contribution in [0.4, 0.5) is 0 Å². The van der Waals surface area contributed by atoms with Crippen LogP contribution in [0.1, 0.15) is 13.3 Å². The highest BCUT2D eigenvalue weighted by atomic mass is 16.6. The molecule has 1 saturated heterocycles. The zero-order chi connectivity index (χ0) is 8.43. The summed E-state index contributed by atoms with van der Waals surface area (Å²) in [5.41, 5.74) is 0. The van der Waals surface area contributed by atoms with Crippen LogP contribution < -0.4 is 0 Å². The molecule has 1 fully saturated rings. The van der Waals surface area contributed by atoms with E-state index in [0.717, 1.165) is 0 Å². The Kier molecular flexibility index (Phi) is 2.46. The van der Waals surface area contributed by atoms with E-state index in [1.54, 1.807) is 6.92 Å². The van der Waals surface area contributed by atoms with Gasteiger partial charge in [-0.05, 0) is 6.92 Å². The summed E-state index contributed by atoms with van der Waals surface area (Å²) in [5.74, 6) is -0.303. The fourth-order valence-electron chi connectivity index (χ4n) is 1.18. The first-order valence-corrected chi connectivity index (χ1v) is 3.55. The molecular weight excluding hydrogens is 148 g/mol. The highest BCUT2D eigenvalue weighted by molar-refractivity contribution is 5.72. The molecule has 0 saturated carbocycles. The van der Waals surface area contributed by atoms with E-state index in [1.807, 2.05) is 0 Å². The Hall–Kier alpha value is -0.610. The number of carbonyl (C=O) groups excluding carboxylic acids is 1. The van der Waals surface area contributed by atoms with Gasteiger partial charge in [0.05, 0.1) is 12.5 Å². The predicted molar refractivity (Wildman–Crippen MR) is 37.0 cm³/mol. The van der Waals surface area contributed by atoms with Crippen LogP contribution in [0.2, 0.25) is 0 Å². The molecule has 1 N–H and O–H groups in total. The van der Waals surface area contributed by atoms with Crippen molar-refractivity contribution in [3.05, 3.63) is 0 Å². The lowest BCUT2D eigenvalue weighted by molar-refractivity contribution is -0.146. The highest BCUT2D eigenvalue weighted by Crippen LogP contribution is 2.20. The third-order valence-corrected chi connectivity index (χ3v) is 1.78. The zero-order valence-electron chi connectivity index (χ0n) is 6.61. The molecule has 0 aromatic carbocycles. The second kappa shape index (κ2) is 3.19. The Morgan fingerprint density at radius 3 is 2.82 bits per heavy atom. The standard InChI is InChI=1S/C7H12O4/c1-4(8)7-5(10-2)3-6(9)11-7/h4-5,7-8H,3H2,1-2H3/t4-,5+,7-/m1/s1. The largest absolute Gasteiger partial charge is 0.457 e. The van der Waals surface area contributed by atoms with Crippen LogP contribution in [0, 0.1) is 0 Å². The van der Waals surface area contributed by atoms with Gasteiger partial charge in [0.2, 0.25) is 0 Å². The molecule has 1 aliphatic heterocycles. The molecule has 1 rings (SSSR count). The lowest BCUT2D eigenvalue weighted by Gasteiger charge is -2.18. The first-order chi connectivity index (χ1) is 5.15. The summed E-state index contributed by atoms with van der Waals surface area (Å²) in [6, 6.07) is 0. The fraction of sp³-hybridized carbons (Fsp3) is 0.857. The maximum Gasteiger partial charge on any atom is 0.309 e. The number of esters is 1. The number of rotatable bonds is 2. The van der Waals surface area contributed by atoms with Crippen molar-refractivity contribution in [2.24, 2.45) is 0 Å². The minimum atomic E-state index is -0.661. The van der Waals surface area contributed by atoms with E-state index < -0.39 is 12.2 Å². The number of ether oxygens (including phenoxy) is 2. The summed E-state index contributed by atoms with van der Waals surface area (Å²) < 4.78 is 9.76. The Morgan fingerprint density at radius 2 is 2.45 bits per heavy atom. The zero-order valence-corrected chi connectivity index (χ0v) is 6.61. The van der Waals surface area contributed by atoms with Gasteiger partial charge in [-0.3, -0.25) is 4.79 Å². The van der Waals surface area contributed by atoms with Crippen molar-refractivity contribution in [1.82, 2.24) is 0 Å². The van der Waals surface area contributed by atoms with Crippen LogP contribution in [-0.2, 0) is 14.3 Å². The van der Waals surface area contributed by atoms with Gasteiger partial charge in [0.1, 0.15) is 6.10 Å². The summed E-state index contributed by atoms with van der Waals surface area (Å²) in [5, 5.41) is 9.11. The molecule has 0 amide bonds. The third kappa shape index (κ3) is 1.70. The molecule has 4 heteroatoms. The first-order valence-electron chi connectivity index (χ1n) is 3.55. The minimum Gasteiger partial charge on any atom is -0.457 e. The number of cyclic esters (lactones) is 1. The second-order valence-electron chi connectivity index (χ2n) is 2.67. The van der Waals surface area contributed by atoms with E-state index in [9.17, 15) is 4.79 Å². The number of hydrogen-bond acceptors (Lipinski definition) is 4. The molecule has 0 aliphatic carbocycles. The summed E-state index contributed by atoms with van der Waals surface area (Å²) in [6.07, 6.45) is -1.20. The maximum atomic E-state index is 10.7. The number of carbonyl (C=O) groups is 1. The molecule has 1 heterocycles. The van der Waals surface area contributed by atoms with Crippen LogP contribution in [0.5, 0.6) is 0 Å². The van der Waals surface area contributed by atoms with E-state index in [0.29, 0.717) is 0 Å². The van der Waals surface area contributed by atoms with Crippen LogP contribution in [0.15, 0.2) is 0 Å². The Labute approximate surface area is 65.1 Å². The number of aliphatic hydroxyl groups excluding tert-OH is 1. The van der Waals surface area contributed by atoms with Gasteiger partial charge in [-0.15, -0.1) is 0 Å². The van der Waals surface area contributed by atoms with Crippen molar-refractivity contribution in [1.29, 1.82) is 0 Å². The maximum absolute atomic E-state index is 10.7. The summed E-state index contributed by atoms with van der Waals surface area (Å²) >= 11 is 0. The van der Waals surface area contributed by atoms with Crippen molar-refractivity contribution >= 4 is 5.97 Å². The number of methoxy groups -OCH3 is 1. The number of hydrogen-bond donors (Lipinski definition) is 1. The molecule has 11 heavy (non-hydrogen) atoms. The van der Waals surface area contributed by atoms with Gasteiger partial charge in [0.25, 0.3) is 0 Å². The monoisotopic (exact) mass is 160 g/mol. The van der Waals surface area contributed by atoms with Gasteiger partial charge < -0.3 is 14.6 Å². The quantitative estimate of drug-likeness (QED) is 0.563.